The minimum absolute atomic E-state index is 0.0349. The number of anilines is 1. The maximum atomic E-state index is 12.0. The zero-order chi connectivity index (χ0) is 14.4. The quantitative estimate of drug-likeness (QED) is 0.847. The van der Waals surface area contributed by atoms with Crippen LogP contribution in [0, 0.1) is 0 Å². The van der Waals surface area contributed by atoms with E-state index in [9.17, 15) is 4.79 Å². The van der Waals surface area contributed by atoms with Gasteiger partial charge in [-0.2, -0.15) is 5.10 Å². The highest BCUT2D eigenvalue weighted by atomic mass is 16.1. The summed E-state index contributed by atoms with van der Waals surface area (Å²) in [5.41, 5.74) is 1.64. The fourth-order valence-electron chi connectivity index (χ4n) is 1.84. The van der Waals surface area contributed by atoms with Crippen molar-refractivity contribution in [3.63, 3.8) is 0 Å². The average molecular weight is 272 g/mol. The molecular weight excluding hydrogens is 252 g/mol. The van der Waals surface area contributed by atoms with E-state index >= 15 is 0 Å². The van der Waals surface area contributed by atoms with Gasteiger partial charge >= 0.3 is 0 Å². The van der Waals surface area contributed by atoms with Gasteiger partial charge in [-0.3, -0.25) is 9.48 Å². The smallest absolute Gasteiger partial charge is 0.254 e. The van der Waals surface area contributed by atoms with Crippen LogP contribution in [0.1, 0.15) is 24.2 Å². The number of nitrogens with one attached hydrogen (secondary N) is 2. The van der Waals surface area contributed by atoms with Gasteiger partial charge in [-0.15, -0.1) is 0 Å². The van der Waals surface area contributed by atoms with E-state index in [2.05, 4.69) is 15.7 Å². The fraction of sp³-hybridized carbons (Fsp3) is 0.333. The third-order valence-corrected chi connectivity index (χ3v) is 2.98. The molecule has 20 heavy (non-hydrogen) atoms. The normalized spacial score (nSPS) is 11.9. The second-order valence-electron chi connectivity index (χ2n) is 4.71. The van der Waals surface area contributed by atoms with E-state index in [0.717, 1.165) is 12.2 Å². The zero-order valence-electron chi connectivity index (χ0n) is 11.8. The largest absolute Gasteiger partial charge is 0.383 e. The van der Waals surface area contributed by atoms with Gasteiger partial charge in [-0.25, -0.2) is 0 Å². The lowest BCUT2D eigenvalue weighted by molar-refractivity contribution is 0.0942. The molecule has 0 spiro atoms. The maximum absolute atomic E-state index is 12.0. The number of rotatable bonds is 6. The Morgan fingerprint density at radius 3 is 2.75 bits per heavy atom. The number of nitrogens with zero attached hydrogens (tertiary/aromatic N) is 2. The van der Waals surface area contributed by atoms with E-state index in [1.165, 1.54) is 0 Å². The van der Waals surface area contributed by atoms with E-state index < -0.39 is 0 Å². The summed E-state index contributed by atoms with van der Waals surface area (Å²) in [6, 6.07) is 9.96. The van der Waals surface area contributed by atoms with Crippen molar-refractivity contribution in [2.45, 2.75) is 26.4 Å². The van der Waals surface area contributed by atoms with Gasteiger partial charge in [-0.1, -0.05) is 18.2 Å². The van der Waals surface area contributed by atoms with Gasteiger partial charge in [0.05, 0.1) is 11.8 Å². The SMILES string of the molecule is CCn1cc(C(=O)NC(C)CNc2ccccc2)cn1. The molecule has 2 aromatic rings. The maximum Gasteiger partial charge on any atom is 0.254 e. The number of aromatic nitrogens is 2. The minimum atomic E-state index is -0.0907. The van der Waals surface area contributed by atoms with Crippen molar-refractivity contribution in [3.8, 4) is 0 Å². The van der Waals surface area contributed by atoms with Crippen LogP contribution in [0.25, 0.3) is 0 Å². The summed E-state index contributed by atoms with van der Waals surface area (Å²) in [4.78, 5) is 12.0. The van der Waals surface area contributed by atoms with Crippen LogP contribution in [0.15, 0.2) is 42.7 Å². The molecule has 1 atom stereocenters. The number of hydrogen-bond donors (Lipinski definition) is 2. The molecule has 5 nitrogen and oxygen atoms in total. The molecule has 5 heteroatoms. The molecule has 0 aliphatic rings. The molecular formula is C15H20N4O. The Balaban J connectivity index is 1.82. The summed E-state index contributed by atoms with van der Waals surface area (Å²) >= 11 is 0. The Labute approximate surface area is 119 Å². The Kier molecular flexibility index (Phi) is 4.76. The van der Waals surface area contributed by atoms with Gasteiger partial charge in [0.2, 0.25) is 0 Å². The Morgan fingerprint density at radius 2 is 2.10 bits per heavy atom. The highest BCUT2D eigenvalue weighted by molar-refractivity contribution is 5.93. The fourth-order valence-corrected chi connectivity index (χ4v) is 1.84. The molecule has 0 radical (unpaired) electrons. The molecule has 2 N–H and O–H groups in total. The summed E-state index contributed by atoms with van der Waals surface area (Å²) in [5.74, 6) is -0.0907. The minimum Gasteiger partial charge on any atom is -0.383 e. The monoisotopic (exact) mass is 272 g/mol. The Morgan fingerprint density at radius 1 is 1.35 bits per heavy atom. The first-order valence-electron chi connectivity index (χ1n) is 6.81. The lowest BCUT2D eigenvalue weighted by atomic mass is 10.2. The number of hydrogen-bond acceptors (Lipinski definition) is 3. The highest BCUT2D eigenvalue weighted by Gasteiger charge is 2.11. The van der Waals surface area contributed by atoms with Gasteiger partial charge in [0.1, 0.15) is 0 Å². The molecule has 0 bridgehead atoms. The van der Waals surface area contributed by atoms with Crippen molar-refractivity contribution in [3.05, 3.63) is 48.3 Å². The van der Waals surface area contributed by atoms with Crippen molar-refractivity contribution in [1.82, 2.24) is 15.1 Å². The van der Waals surface area contributed by atoms with Crippen molar-refractivity contribution in [2.75, 3.05) is 11.9 Å². The molecule has 0 saturated heterocycles. The van der Waals surface area contributed by atoms with Gasteiger partial charge in [0, 0.05) is 31.0 Å². The predicted octanol–water partition coefficient (Wildman–Crippen LogP) is 2.13. The molecule has 1 aromatic heterocycles. The summed E-state index contributed by atoms with van der Waals surface area (Å²) in [5, 5.41) is 10.3. The summed E-state index contributed by atoms with van der Waals surface area (Å²) in [6.07, 6.45) is 3.35. The van der Waals surface area contributed by atoms with Crippen molar-refractivity contribution in [2.24, 2.45) is 0 Å². The first-order chi connectivity index (χ1) is 9.69. The summed E-state index contributed by atoms with van der Waals surface area (Å²) < 4.78 is 1.74. The third-order valence-electron chi connectivity index (χ3n) is 2.98. The van der Waals surface area contributed by atoms with E-state index in [4.69, 9.17) is 0 Å². The molecule has 0 saturated carbocycles. The van der Waals surface area contributed by atoms with Crippen LogP contribution in [0.3, 0.4) is 0 Å². The molecule has 1 heterocycles. The van der Waals surface area contributed by atoms with E-state index in [0.29, 0.717) is 12.1 Å². The second kappa shape index (κ2) is 6.75. The number of carbonyl (C=O) groups is 1. The van der Waals surface area contributed by atoms with Gasteiger partial charge < -0.3 is 10.6 Å². The second-order valence-corrected chi connectivity index (χ2v) is 4.71. The van der Waals surface area contributed by atoms with Crippen LogP contribution < -0.4 is 10.6 Å². The number of carbonyl (C=O) groups excluding carboxylic acids is 1. The van der Waals surface area contributed by atoms with Crippen LogP contribution in [0.5, 0.6) is 0 Å². The van der Waals surface area contributed by atoms with E-state index in [-0.39, 0.29) is 11.9 Å². The topological polar surface area (TPSA) is 59.0 Å². The first kappa shape index (κ1) is 14.1. The van der Waals surface area contributed by atoms with Crippen LogP contribution in [0.4, 0.5) is 5.69 Å². The molecule has 0 aliphatic carbocycles. The number of amides is 1. The highest BCUT2D eigenvalue weighted by Crippen LogP contribution is 2.05. The molecule has 0 aliphatic heterocycles. The van der Waals surface area contributed by atoms with Gasteiger partial charge in [0.15, 0.2) is 0 Å². The third kappa shape index (κ3) is 3.85. The van der Waals surface area contributed by atoms with Gasteiger partial charge in [-0.05, 0) is 26.0 Å². The Hall–Kier alpha value is -2.30. The van der Waals surface area contributed by atoms with Crippen molar-refractivity contribution in [1.29, 1.82) is 0 Å². The van der Waals surface area contributed by atoms with Gasteiger partial charge in [0.25, 0.3) is 5.91 Å². The number of benzene rings is 1. The molecule has 1 aromatic carbocycles. The number of aryl methyl sites for hydroxylation is 1. The van der Waals surface area contributed by atoms with Crippen LogP contribution in [0.2, 0.25) is 0 Å². The number of para-hydroxylation sites is 1. The van der Waals surface area contributed by atoms with E-state index in [1.54, 1.807) is 17.1 Å². The molecule has 1 amide bonds. The molecule has 0 fully saturated rings. The first-order valence-corrected chi connectivity index (χ1v) is 6.81. The van der Waals surface area contributed by atoms with E-state index in [1.807, 2.05) is 44.2 Å². The van der Waals surface area contributed by atoms with Crippen LogP contribution in [-0.2, 0) is 6.54 Å². The molecule has 2 rings (SSSR count). The molecule has 106 valence electrons. The van der Waals surface area contributed by atoms with Crippen molar-refractivity contribution < 1.29 is 4.79 Å². The summed E-state index contributed by atoms with van der Waals surface area (Å²) in [7, 11) is 0. The lowest BCUT2D eigenvalue weighted by Gasteiger charge is -2.15. The van der Waals surface area contributed by atoms with Crippen molar-refractivity contribution >= 4 is 11.6 Å². The average Bonchev–Trinajstić information content (AvgIpc) is 2.95. The zero-order valence-corrected chi connectivity index (χ0v) is 11.8. The van der Waals surface area contributed by atoms with Crippen LogP contribution >= 0.6 is 0 Å². The van der Waals surface area contributed by atoms with Crippen LogP contribution in [-0.4, -0.2) is 28.3 Å². The molecule has 1 unspecified atom stereocenters. The lowest BCUT2D eigenvalue weighted by Crippen LogP contribution is -2.37. The Bertz CT molecular complexity index is 550. The standard InChI is InChI=1S/C15H20N4O/c1-3-19-11-13(10-17-19)15(20)18-12(2)9-16-14-7-5-4-6-8-14/h4-8,10-12,16H,3,9H2,1-2H3,(H,18,20). The summed E-state index contributed by atoms with van der Waals surface area (Å²) in [6.45, 7) is 5.40. The predicted molar refractivity (Wildman–Crippen MR) is 79.8 cm³/mol.